The summed E-state index contributed by atoms with van der Waals surface area (Å²) in [5.74, 6) is -0.706. The van der Waals surface area contributed by atoms with Crippen LogP contribution in [0.2, 0.25) is 0 Å². The quantitative estimate of drug-likeness (QED) is 0.812. The summed E-state index contributed by atoms with van der Waals surface area (Å²) in [5.41, 5.74) is -0.565. The Kier molecular flexibility index (Phi) is 4.77. The van der Waals surface area contributed by atoms with Crippen LogP contribution in [0.3, 0.4) is 0 Å². The van der Waals surface area contributed by atoms with Gasteiger partial charge in [0.15, 0.2) is 0 Å². The second-order valence-electron chi connectivity index (χ2n) is 5.36. The van der Waals surface area contributed by atoms with E-state index >= 15 is 0 Å². The van der Waals surface area contributed by atoms with E-state index in [9.17, 15) is 9.90 Å². The summed E-state index contributed by atoms with van der Waals surface area (Å²) in [7, 11) is 1.63. The van der Waals surface area contributed by atoms with Crippen molar-refractivity contribution in [1.82, 2.24) is 10.1 Å². The third kappa shape index (κ3) is 2.85. The summed E-state index contributed by atoms with van der Waals surface area (Å²) in [5, 5.41) is 13.4. The highest BCUT2D eigenvalue weighted by Crippen LogP contribution is 2.36. The molecule has 6 nitrogen and oxygen atoms in total. The standard InChI is InChI=1S/C15H22N2O4/c1-4-15(5-2,20-3)14-16-12(21-17-14)10-8-6-7-9-11(10)13(18)19/h6-7,10-11H,4-5,8-9H2,1-3H3,(H,18,19). The van der Waals surface area contributed by atoms with Gasteiger partial charge in [-0.25, -0.2) is 0 Å². The van der Waals surface area contributed by atoms with Crippen LogP contribution in [0, 0.1) is 5.92 Å². The van der Waals surface area contributed by atoms with Gasteiger partial charge in [-0.15, -0.1) is 0 Å². The molecule has 0 saturated heterocycles. The van der Waals surface area contributed by atoms with Gasteiger partial charge in [-0.05, 0) is 25.7 Å². The van der Waals surface area contributed by atoms with Crippen molar-refractivity contribution in [3.63, 3.8) is 0 Å². The molecule has 6 heteroatoms. The Morgan fingerprint density at radius 3 is 2.67 bits per heavy atom. The number of aliphatic carboxylic acids is 1. The third-order valence-corrected chi connectivity index (χ3v) is 4.45. The van der Waals surface area contributed by atoms with Crippen LogP contribution in [-0.4, -0.2) is 28.3 Å². The number of carbonyl (C=O) groups is 1. The van der Waals surface area contributed by atoms with Gasteiger partial charge in [-0.1, -0.05) is 31.2 Å². The van der Waals surface area contributed by atoms with Gasteiger partial charge in [0.05, 0.1) is 11.8 Å². The van der Waals surface area contributed by atoms with Gasteiger partial charge >= 0.3 is 5.97 Å². The van der Waals surface area contributed by atoms with Gasteiger partial charge in [0, 0.05) is 7.11 Å². The fourth-order valence-corrected chi connectivity index (χ4v) is 2.88. The molecule has 1 aromatic heterocycles. The van der Waals surface area contributed by atoms with Crippen molar-refractivity contribution in [2.75, 3.05) is 7.11 Å². The molecule has 21 heavy (non-hydrogen) atoms. The normalized spacial score (nSPS) is 22.4. The minimum absolute atomic E-state index is 0.267. The molecule has 1 aliphatic rings. The molecule has 1 aliphatic carbocycles. The van der Waals surface area contributed by atoms with Crippen LogP contribution < -0.4 is 0 Å². The molecule has 0 spiro atoms. The molecule has 0 fully saturated rings. The Balaban J connectivity index is 2.30. The lowest BCUT2D eigenvalue weighted by Crippen LogP contribution is -2.28. The number of rotatable bonds is 6. The Morgan fingerprint density at radius 2 is 2.10 bits per heavy atom. The molecule has 2 unspecified atom stereocenters. The van der Waals surface area contributed by atoms with E-state index in [4.69, 9.17) is 9.26 Å². The maximum atomic E-state index is 11.4. The second-order valence-corrected chi connectivity index (χ2v) is 5.36. The number of hydrogen-bond donors (Lipinski definition) is 1. The molecule has 2 atom stereocenters. The van der Waals surface area contributed by atoms with Gasteiger partial charge in [0.2, 0.25) is 11.7 Å². The lowest BCUT2D eigenvalue weighted by molar-refractivity contribution is -0.142. The van der Waals surface area contributed by atoms with Gasteiger partial charge in [0.25, 0.3) is 0 Å². The zero-order valence-corrected chi connectivity index (χ0v) is 12.7. The number of nitrogens with zero attached hydrogens (tertiary/aromatic N) is 2. The van der Waals surface area contributed by atoms with Gasteiger partial charge in [-0.3, -0.25) is 4.79 Å². The van der Waals surface area contributed by atoms with E-state index in [-0.39, 0.29) is 5.92 Å². The Bertz CT molecular complexity index is 511. The molecule has 1 N–H and O–H groups in total. The van der Waals surface area contributed by atoms with Crippen molar-refractivity contribution in [2.24, 2.45) is 5.92 Å². The number of hydrogen-bond acceptors (Lipinski definition) is 5. The summed E-state index contributed by atoms with van der Waals surface area (Å²) >= 11 is 0. The number of ether oxygens (including phenoxy) is 1. The predicted molar refractivity (Wildman–Crippen MR) is 75.8 cm³/mol. The topological polar surface area (TPSA) is 85.5 Å². The van der Waals surface area contributed by atoms with E-state index in [1.54, 1.807) is 7.11 Å². The van der Waals surface area contributed by atoms with Crippen molar-refractivity contribution in [3.8, 4) is 0 Å². The zero-order valence-electron chi connectivity index (χ0n) is 12.7. The van der Waals surface area contributed by atoms with E-state index < -0.39 is 17.5 Å². The largest absolute Gasteiger partial charge is 0.481 e. The average Bonchev–Trinajstić information content (AvgIpc) is 3.00. The molecular formula is C15H22N2O4. The molecular weight excluding hydrogens is 272 g/mol. The summed E-state index contributed by atoms with van der Waals surface area (Å²) in [6.07, 6.45) is 6.42. The minimum atomic E-state index is -0.826. The molecule has 0 bridgehead atoms. The smallest absolute Gasteiger partial charge is 0.307 e. The first kappa shape index (κ1) is 15.7. The third-order valence-electron chi connectivity index (χ3n) is 4.45. The van der Waals surface area contributed by atoms with Crippen molar-refractivity contribution < 1.29 is 19.2 Å². The highest BCUT2D eigenvalue weighted by atomic mass is 16.5. The highest BCUT2D eigenvalue weighted by molar-refractivity contribution is 5.71. The molecule has 116 valence electrons. The SMILES string of the molecule is CCC(CC)(OC)c1noc(C2CC=CCC2C(=O)O)n1. The highest BCUT2D eigenvalue weighted by Gasteiger charge is 2.38. The number of carboxylic acid groups (broad SMARTS) is 1. The summed E-state index contributed by atoms with van der Waals surface area (Å²) in [6.45, 7) is 4.01. The van der Waals surface area contributed by atoms with Crippen LogP contribution in [0.5, 0.6) is 0 Å². The van der Waals surface area contributed by atoms with Crippen molar-refractivity contribution >= 4 is 5.97 Å². The van der Waals surface area contributed by atoms with Gasteiger partial charge < -0.3 is 14.4 Å². The van der Waals surface area contributed by atoms with Crippen molar-refractivity contribution in [1.29, 1.82) is 0 Å². The van der Waals surface area contributed by atoms with Crippen LogP contribution in [0.1, 0.15) is 57.2 Å². The fraction of sp³-hybridized carbons (Fsp3) is 0.667. The average molecular weight is 294 g/mol. The molecule has 0 amide bonds. The monoisotopic (exact) mass is 294 g/mol. The lowest BCUT2D eigenvalue weighted by atomic mass is 9.83. The second kappa shape index (κ2) is 6.39. The number of allylic oxidation sites excluding steroid dienone is 2. The summed E-state index contributed by atoms with van der Waals surface area (Å²) in [4.78, 5) is 15.8. The molecule has 0 radical (unpaired) electrons. The maximum Gasteiger partial charge on any atom is 0.307 e. The van der Waals surface area contributed by atoms with Gasteiger partial charge in [-0.2, -0.15) is 4.98 Å². The van der Waals surface area contributed by atoms with Crippen LogP contribution in [-0.2, 0) is 15.1 Å². The Morgan fingerprint density at radius 1 is 1.43 bits per heavy atom. The Hall–Kier alpha value is -1.69. The van der Waals surface area contributed by atoms with Crippen LogP contribution in [0.25, 0.3) is 0 Å². The summed E-state index contributed by atoms with van der Waals surface area (Å²) in [6, 6.07) is 0. The van der Waals surface area contributed by atoms with Crippen molar-refractivity contribution in [3.05, 3.63) is 23.9 Å². The zero-order chi connectivity index (χ0) is 15.5. The van der Waals surface area contributed by atoms with E-state index in [0.717, 1.165) is 12.8 Å². The van der Waals surface area contributed by atoms with E-state index in [0.29, 0.717) is 24.6 Å². The van der Waals surface area contributed by atoms with Crippen LogP contribution >= 0.6 is 0 Å². The number of aromatic nitrogens is 2. The molecule has 0 aliphatic heterocycles. The molecule has 0 aromatic carbocycles. The van der Waals surface area contributed by atoms with E-state index in [2.05, 4.69) is 10.1 Å². The predicted octanol–water partition coefficient (Wildman–Crippen LogP) is 2.87. The molecule has 1 aromatic rings. The first-order chi connectivity index (χ1) is 10.1. The molecule has 2 rings (SSSR count). The van der Waals surface area contributed by atoms with E-state index in [1.807, 2.05) is 26.0 Å². The maximum absolute atomic E-state index is 11.4. The summed E-state index contributed by atoms with van der Waals surface area (Å²) < 4.78 is 10.9. The van der Waals surface area contributed by atoms with E-state index in [1.165, 1.54) is 0 Å². The fourth-order valence-electron chi connectivity index (χ4n) is 2.88. The number of methoxy groups -OCH3 is 1. The number of carboxylic acids is 1. The van der Waals surface area contributed by atoms with Crippen molar-refractivity contribution in [2.45, 2.75) is 51.0 Å². The first-order valence-corrected chi connectivity index (χ1v) is 7.35. The Labute approximate surface area is 124 Å². The van der Waals surface area contributed by atoms with Gasteiger partial charge in [0.1, 0.15) is 5.60 Å². The lowest BCUT2D eigenvalue weighted by Gasteiger charge is -2.26. The minimum Gasteiger partial charge on any atom is -0.481 e. The molecule has 1 heterocycles. The first-order valence-electron chi connectivity index (χ1n) is 7.35. The molecule has 0 saturated carbocycles. The van der Waals surface area contributed by atoms with Crippen LogP contribution in [0.15, 0.2) is 16.7 Å². The van der Waals surface area contributed by atoms with Crippen LogP contribution in [0.4, 0.5) is 0 Å².